The number of carboxylic acids is 1. The number of nitrogens with zero attached hydrogens (tertiary/aromatic N) is 1. The maximum Gasteiger partial charge on any atom is 0.340 e. The number of aromatic nitrogens is 1. The molecule has 0 spiro atoms. The predicted octanol–water partition coefficient (Wildman–Crippen LogP) is 0.927. The van der Waals surface area contributed by atoms with Crippen LogP contribution in [0, 0.1) is 5.95 Å². The van der Waals surface area contributed by atoms with Crippen molar-refractivity contribution in [3.05, 3.63) is 23.6 Å². The van der Waals surface area contributed by atoms with Gasteiger partial charge in [-0.2, -0.15) is 9.37 Å². The van der Waals surface area contributed by atoms with E-state index in [4.69, 9.17) is 5.11 Å². The Labute approximate surface area is 67.6 Å². The number of carboxylic acid groups (broad SMARTS) is 1. The van der Waals surface area contributed by atoms with Gasteiger partial charge < -0.3 is 9.84 Å². The van der Waals surface area contributed by atoms with Gasteiger partial charge in [0, 0.05) is 6.07 Å². The van der Waals surface area contributed by atoms with Crippen molar-refractivity contribution in [2.24, 2.45) is 0 Å². The zero-order chi connectivity index (χ0) is 9.14. The molecule has 0 amide bonds. The second-order valence-electron chi connectivity index (χ2n) is 2.00. The minimum atomic E-state index is -1.34. The molecular weight excluding hydrogens is 165 g/mol. The van der Waals surface area contributed by atoms with E-state index in [2.05, 4.69) is 9.72 Å². The SMILES string of the molecule is COc1ccc(C(=O)O)c(F)n1. The molecule has 0 bridgehead atoms. The fourth-order valence-electron chi connectivity index (χ4n) is 0.691. The lowest BCUT2D eigenvalue weighted by Gasteiger charge is -1.99. The molecule has 1 rings (SSSR count). The van der Waals surface area contributed by atoms with Gasteiger partial charge in [0.25, 0.3) is 0 Å². The van der Waals surface area contributed by atoms with E-state index in [1.807, 2.05) is 0 Å². The second kappa shape index (κ2) is 3.17. The van der Waals surface area contributed by atoms with Gasteiger partial charge in [-0.1, -0.05) is 0 Å². The first-order valence-electron chi connectivity index (χ1n) is 3.09. The molecular formula is C7H6FNO3. The molecule has 64 valence electrons. The van der Waals surface area contributed by atoms with Crippen LogP contribution in [-0.2, 0) is 0 Å². The van der Waals surface area contributed by atoms with Crippen LogP contribution in [-0.4, -0.2) is 23.2 Å². The van der Waals surface area contributed by atoms with Gasteiger partial charge in [0.2, 0.25) is 11.8 Å². The molecule has 1 aromatic rings. The van der Waals surface area contributed by atoms with Crippen molar-refractivity contribution in [2.45, 2.75) is 0 Å². The highest BCUT2D eigenvalue weighted by atomic mass is 19.1. The molecule has 0 atom stereocenters. The van der Waals surface area contributed by atoms with Gasteiger partial charge in [-0.15, -0.1) is 0 Å². The van der Waals surface area contributed by atoms with Crippen molar-refractivity contribution < 1.29 is 19.0 Å². The highest BCUT2D eigenvalue weighted by molar-refractivity contribution is 5.87. The first-order valence-corrected chi connectivity index (χ1v) is 3.09. The molecule has 0 unspecified atom stereocenters. The molecule has 0 radical (unpaired) electrons. The average molecular weight is 171 g/mol. The van der Waals surface area contributed by atoms with Crippen molar-refractivity contribution in [3.8, 4) is 5.88 Å². The summed E-state index contributed by atoms with van der Waals surface area (Å²) in [7, 11) is 1.32. The van der Waals surface area contributed by atoms with Crippen LogP contribution < -0.4 is 4.74 Å². The van der Waals surface area contributed by atoms with Crippen LogP contribution in [0.25, 0.3) is 0 Å². The van der Waals surface area contributed by atoms with E-state index in [9.17, 15) is 9.18 Å². The Hall–Kier alpha value is -1.65. The Balaban J connectivity index is 3.12. The van der Waals surface area contributed by atoms with Gasteiger partial charge in [0.15, 0.2) is 0 Å². The Morgan fingerprint density at radius 1 is 1.67 bits per heavy atom. The number of methoxy groups -OCH3 is 1. The summed E-state index contributed by atoms with van der Waals surface area (Å²) < 4.78 is 17.3. The van der Waals surface area contributed by atoms with E-state index in [-0.39, 0.29) is 5.88 Å². The quantitative estimate of drug-likeness (QED) is 0.672. The number of halogens is 1. The summed E-state index contributed by atoms with van der Waals surface area (Å²) in [5, 5.41) is 8.41. The topological polar surface area (TPSA) is 59.4 Å². The molecule has 0 saturated heterocycles. The average Bonchev–Trinajstić information content (AvgIpc) is 2.03. The van der Waals surface area contributed by atoms with Gasteiger partial charge in [-0.3, -0.25) is 0 Å². The smallest absolute Gasteiger partial charge is 0.340 e. The maximum absolute atomic E-state index is 12.7. The standard InChI is InChI=1S/C7H6FNO3/c1-12-5-3-2-4(7(10)11)6(8)9-5/h2-3H,1H3,(H,10,11). The Morgan fingerprint density at radius 3 is 2.75 bits per heavy atom. The van der Waals surface area contributed by atoms with E-state index in [0.29, 0.717) is 0 Å². The fourth-order valence-corrected chi connectivity index (χ4v) is 0.691. The second-order valence-corrected chi connectivity index (χ2v) is 2.00. The summed E-state index contributed by atoms with van der Waals surface area (Å²) in [6.07, 6.45) is 0. The van der Waals surface area contributed by atoms with Crippen LogP contribution in [0.3, 0.4) is 0 Å². The van der Waals surface area contributed by atoms with Crippen molar-refractivity contribution in [1.82, 2.24) is 4.98 Å². The summed E-state index contributed by atoms with van der Waals surface area (Å²) in [6, 6.07) is 2.38. The van der Waals surface area contributed by atoms with Crippen LogP contribution in [0.5, 0.6) is 5.88 Å². The highest BCUT2D eigenvalue weighted by Gasteiger charge is 2.11. The number of rotatable bonds is 2. The van der Waals surface area contributed by atoms with Gasteiger partial charge in [0.05, 0.1) is 7.11 Å². The molecule has 0 aromatic carbocycles. The lowest BCUT2D eigenvalue weighted by atomic mass is 10.3. The zero-order valence-corrected chi connectivity index (χ0v) is 6.24. The van der Waals surface area contributed by atoms with Crippen LogP contribution in [0.2, 0.25) is 0 Å². The number of hydrogen-bond acceptors (Lipinski definition) is 3. The molecule has 1 N–H and O–H groups in total. The third kappa shape index (κ3) is 1.50. The van der Waals surface area contributed by atoms with Crippen LogP contribution >= 0.6 is 0 Å². The van der Waals surface area contributed by atoms with Crippen molar-refractivity contribution in [2.75, 3.05) is 7.11 Å². The molecule has 0 fully saturated rings. The molecule has 0 saturated carbocycles. The summed E-state index contributed by atoms with van der Waals surface area (Å²) in [4.78, 5) is 13.5. The van der Waals surface area contributed by atoms with Gasteiger partial charge in [0.1, 0.15) is 5.56 Å². The maximum atomic E-state index is 12.7. The van der Waals surface area contributed by atoms with E-state index in [1.54, 1.807) is 0 Å². The van der Waals surface area contributed by atoms with Crippen LogP contribution in [0.1, 0.15) is 10.4 Å². The molecule has 0 aliphatic rings. The number of pyridine rings is 1. The van der Waals surface area contributed by atoms with Gasteiger partial charge in [-0.25, -0.2) is 4.79 Å². The van der Waals surface area contributed by atoms with E-state index >= 15 is 0 Å². The van der Waals surface area contributed by atoms with Crippen LogP contribution in [0.15, 0.2) is 12.1 Å². The lowest BCUT2D eigenvalue weighted by molar-refractivity contribution is 0.0690. The molecule has 1 heterocycles. The fraction of sp³-hybridized carbons (Fsp3) is 0.143. The van der Waals surface area contributed by atoms with Crippen molar-refractivity contribution >= 4 is 5.97 Å². The normalized spacial score (nSPS) is 9.50. The molecule has 0 aliphatic carbocycles. The Morgan fingerprint density at radius 2 is 2.33 bits per heavy atom. The monoisotopic (exact) mass is 171 g/mol. The van der Waals surface area contributed by atoms with Crippen LogP contribution in [0.4, 0.5) is 4.39 Å². The van der Waals surface area contributed by atoms with E-state index in [1.165, 1.54) is 13.2 Å². The van der Waals surface area contributed by atoms with E-state index in [0.717, 1.165) is 6.07 Å². The zero-order valence-electron chi connectivity index (χ0n) is 6.24. The Kier molecular flexibility index (Phi) is 2.23. The van der Waals surface area contributed by atoms with Gasteiger partial charge in [-0.05, 0) is 6.07 Å². The molecule has 4 nitrogen and oxygen atoms in total. The van der Waals surface area contributed by atoms with Gasteiger partial charge >= 0.3 is 5.97 Å². The summed E-state index contributed by atoms with van der Waals surface area (Å²) in [5.74, 6) is -2.33. The molecule has 5 heteroatoms. The number of aromatic carboxylic acids is 1. The number of hydrogen-bond donors (Lipinski definition) is 1. The third-order valence-corrected chi connectivity index (χ3v) is 1.26. The molecule has 12 heavy (non-hydrogen) atoms. The summed E-state index contributed by atoms with van der Waals surface area (Å²) in [5.41, 5.74) is -0.462. The minimum Gasteiger partial charge on any atom is -0.481 e. The number of ether oxygens (including phenoxy) is 1. The number of carbonyl (C=O) groups is 1. The molecule has 1 aromatic heterocycles. The predicted molar refractivity (Wildman–Crippen MR) is 37.7 cm³/mol. The van der Waals surface area contributed by atoms with E-state index < -0.39 is 17.5 Å². The van der Waals surface area contributed by atoms with Crippen molar-refractivity contribution in [3.63, 3.8) is 0 Å². The summed E-state index contributed by atoms with van der Waals surface area (Å²) >= 11 is 0. The third-order valence-electron chi connectivity index (χ3n) is 1.26. The highest BCUT2D eigenvalue weighted by Crippen LogP contribution is 2.10. The Bertz CT molecular complexity index is 314. The first kappa shape index (κ1) is 8.45. The van der Waals surface area contributed by atoms with Crippen molar-refractivity contribution in [1.29, 1.82) is 0 Å². The largest absolute Gasteiger partial charge is 0.481 e. The first-order chi connectivity index (χ1) is 5.65. The summed E-state index contributed by atoms with van der Waals surface area (Å²) in [6.45, 7) is 0. The minimum absolute atomic E-state index is 0.0532. The lowest BCUT2D eigenvalue weighted by Crippen LogP contribution is -2.03. The molecule has 0 aliphatic heterocycles.